The first-order valence-electron chi connectivity index (χ1n) is 5.43. The molecule has 0 aliphatic rings. The molecule has 0 amide bonds. The predicted molar refractivity (Wildman–Crippen MR) is 73.4 cm³/mol. The lowest BCUT2D eigenvalue weighted by Gasteiger charge is -2.08. The first kappa shape index (κ1) is 11.5. The fourth-order valence-electron chi connectivity index (χ4n) is 1.86. The number of fused-ring (bicyclic) bond motifs is 1. The van der Waals surface area contributed by atoms with Crippen LogP contribution in [0.15, 0.2) is 42.7 Å². The van der Waals surface area contributed by atoms with Crippen molar-refractivity contribution in [2.45, 2.75) is 5.88 Å². The molecule has 0 N–H and O–H groups in total. The van der Waals surface area contributed by atoms with Gasteiger partial charge in [0.05, 0.1) is 28.8 Å². The van der Waals surface area contributed by atoms with Gasteiger partial charge in [0.1, 0.15) is 0 Å². The van der Waals surface area contributed by atoms with Gasteiger partial charge in [-0.05, 0) is 12.1 Å². The van der Waals surface area contributed by atoms with Crippen LogP contribution in [0, 0.1) is 0 Å². The van der Waals surface area contributed by atoms with Crippen molar-refractivity contribution < 1.29 is 0 Å². The summed E-state index contributed by atoms with van der Waals surface area (Å²) in [5.74, 6) is 1.10. The minimum absolute atomic E-state index is 0.380. The van der Waals surface area contributed by atoms with Gasteiger partial charge in [-0.2, -0.15) is 5.10 Å². The number of halogens is 2. The SMILES string of the molecule is ClCc1cc2ccccc2nc1-n1cc(Cl)cn1. The number of alkyl halides is 1. The first-order valence-corrected chi connectivity index (χ1v) is 6.34. The summed E-state index contributed by atoms with van der Waals surface area (Å²) in [6.45, 7) is 0. The molecule has 0 spiro atoms. The highest BCUT2D eigenvalue weighted by Gasteiger charge is 2.09. The summed E-state index contributed by atoms with van der Waals surface area (Å²) in [4.78, 5) is 4.59. The molecule has 0 bridgehead atoms. The van der Waals surface area contributed by atoms with Gasteiger partial charge in [-0.1, -0.05) is 29.8 Å². The van der Waals surface area contributed by atoms with Crippen LogP contribution in [0.3, 0.4) is 0 Å². The molecule has 0 radical (unpaired) electrons. The van der Waals surface area contributed by atoms with E-state index < -0.39 is 0 Å². The molecule has 3 aromatic rings. The maximum Gasteiger partial charge on any atom is 0.158 e. The van der Waals surface area contributed by atoms with Crippen LogP contribution >= 0.6 is 23.2 Å². The molecule has 0 aliphatic heterocycles. The van der Waals surface area contributed by atoms with Gasteiger partial charge in [0.25, 0.3) is 0 Å². The van der Waals surface area contributed by atoms with Crippen LogP contribution in [0.2, 0.25) is 5.02 Å². The van der Waals surface area contributed by atoms with E-state index in [0.717, 1.165) is 22.3 Å². The minimum Gasteiger partial charge on any atom is -0.228 e. The number of benzene rings is 1. The Hall–Kier alpha value is -1.58. The van der Waals surface area contributed by atoms with E-state index in [1.807, 2.05) is 30.3 Å². The van der Waals surface area contributed by atoms with E-state index in [4.69, 9.17) is 23.2 Å². The number of nitrogens with zero attached hydrogens (tertiary/aromatic N) is 3. The molecule has 90 valence electrons. The van der Waals surface area contributed by atoms with Crippen LogP contribution in [0.25, 0.3) is 16.7 Å². The van der Waals surface area contributed by atoms with E-state index in [9.17, 15) is 0 Å². The van der Waals surface area contributed by atoms with Crippen molar-refractivity contribution in [3.63, 3.8) is 0 Å². The number of para-hydroxylation sites is 1. The van der Waals surface area contributed by atoms with Crippen molar-refractivity contribution in [3.8, 4) is 5.82 Å². The van der Waals surface area contributed by atoms with Crippen molar-refractivity contribution >= 4 is 34.1 Å². The molecule has 2 heterocycles. The largest absolute Gasteiger partial charge is 0.228 e. The molecular formula is C13H9Cl2N3. The van der Waals surface area contributed by atoms with Crippen molar-refractivity contribution in [1.82, 2.24) is 14.8 Å². The number of hydrogen-bond acceptors (Lipinski definition) is 2. The molecule has 0 saturated carbocycles. The lowest BCUT2D eigenvalue weighted by Crippen LogP contribution is -2.02. The Kier molecular flexibility index (Phi) is 2.94. The Morgan fingerprint density at radius 1 is 1.22 bits per heavy atom. The van der Waals surface area contributed by atoms with Crippen molar-refractivity contribution in [2.24, 2.45) is 0 Å². The van der Waals surface area contributed by atoms with Crippen molar-refractivity contribution in [2.75, 3.05) is 0 Å². The highest BCUT2D eigenvalue weighted by atomic mass is 35.5. The van der Waals surface area contributed by atoms with E-state index in [1.165, 1.54) is 0 Å². The Morgan fingerprint density at radius 3 is 2.78 bits per heavy atom. The highest BCUT2D eigenvalue weighted by Crippen LogP contribution is 2.21. The van der Waals surface area contributed by atoms with Crippen molar-refractivity contribution in [3.05, 3.63) is 53.3 Å². The van der Waals surface area contributed by atoms with Gasteiger partial charge in [0.2, 0.25) is 0 Å². The Morgan fingerprint density at radius 2 is 2.06 bits per heavy atom. The molecule has 3 rings (SSSR count). The van der Waals surface area contributed by atoms with Crippen molar-refractivity contribution in [1.29, 1.82) is 0 Å². The summed E-state index contributed by atoms with van der Waals surface area (Å²) in [5, 5.41) is 5.80. The maximum absolute atomic E-state index is 5.98. The van der Waals surface area contributed by atoms with Gasteiger partial charge in [-0.25, -0.2) is 9.67 Å². The average molecular weight is 278 g/mol. The normalized spacial score (nSPS) is 11.0. The summed E-state index contributed by atoms with van der Waals surface area (Å²) < 4.78 is 1.65. The van der Waals surface area contributed by atoms with Gasteiger partial charge in [0.15, 0.2) is 5.82 Å². The molecule has 0 saturated heterocycles. The zero-order chi connectivity index (χ0) is 12.5. The molecular weight excluding hydrogens is 269 g/mol. The molecule has 0 atom stereocenters. The Labute approximate surface area is 114 Å². The van der Waals surface area contributed by atoms with Gasteiger partial charge < -0.3 is 0 Å². The number of pyridine rings is 1. The zero-order valence-electron chi connectivity index (χ0n) is 9.35. The van der Waals surface area contributed by atoms with Crippen LogP contribution in [-0.2, 0) is 5.88 Å². The number of aromatic nitrogens is 3. The molecule has 5 heteroatoms. The molecule has 0 aliphatic carbocycles. The second-order valence-corrected chi connectivity index (χ2v) is 4.60. The summed E-state index contributed by atoms with van der Waals surface area (Å²) in [6, 6.07) is 9.93. The van der Waals surface area contributed by atoms with Crippen LogP contribution < -0.4 is 0 Å². The molecule has 18 heavy (non-hydrogen) atoms. The monoisotopic (exact) mass is 277 g/mol. The topological polar surface area (TPSA) is 30.7 Å². The van der Waals surface area contributed by atoms with Crippen LogP contribution in [0.5, 0.6) is 0 Å². The highest BCUT2D eigenvalue weighted by molar-refractivity contribution is 6.30. The van der Waals surface area contributed by atoms with Crippen LogP contribution in [0.4, 0.5) is 0 Å². The molecule has 3 nitrogen and oxygen atoms in total. The summed E-state index contributed by atoms with van der Waals surface area (Å²) in [6.07, 6.45) is 3.30. The minimum atomic E-state index is 0.380. The second kappa shape index (κ2) is 4.59. The quantitative estimate of drug-likeness (QED) is 0.667. The van der Waals surface area contributed by atoms with Crippen LogP contribution in [-0.4, -0.2) is 14.8 Å². The fourth-order valence-corrected chi connectivity index (χ4v) is 2.20. The third-order valence-corrected chi connectivity index (χ3v) is 3.18. The molecule has 0 unspecified atom stereocenters. The summed E-state index contributed by atoms with van der Waals surface area (Å²) >= 11 is 11.9. The zero-order valence-corrected chi connectivity index (χ0v) is 10.9. The molecule has 1 aromatic carbocycles. The van der Waals surface area contributed by atoms with Gasteiger partial charge in [-0.3, -0.25) is 0 Å². The summed E-state index contributed by atoms with van der Waals surface area (Å²) in [5.41, 5.74) is 1.84. The first-order chi connectivity index (χ1) is 8.78. The smallest absolute Gasteiger partial charge is 0.158 e. The molecule has 0 fully saturated rings. The van der Waals surface area contributed by atoms with E-state index in [2.05, 4.69) is 10.1 Å². The second-order valence-electron chi connectivity index (χ2n) is 3.90. The maximum atomic E-state index is 5.98. The lowest BCUT2D eigenvalue weighted by atomic mass is 10.1. The van der Waals surface area contributed by atoms with E-state index in [1.54, 1.807) is 17.1 Å². The Balaban J connectivity index is 2.26. The third-order valence-electron chi connectivity index (χ3n) is 2.69. The average Bonchev–Trinajstić information content (AvgIpc) is 2.83. The van der Waals surface area contributed by atoms with Crippen LogP contribution in [0.1, 0.15) is 5.56 Å². The predicted octanol–water partition coefficient (Wildman–Crippen LogP) is 3.81. The van der Waals surface area contributed by atoms with Gasteiger partial charge in [0, 0.05) is 10.9 Å². The van der Waals surface area contributed by atoms with E-state index in [0.29, 0.717) is 10.9 Å². The number of rotatable bonds is 2. The Bertz CT molecular complexity index is 706. The molecule has 2 aromatic heterocycles. The van der Waals surface area contributed by atoms with Gasteiger partial charge in [-0.15, -0.1) is 11.6 Å². The number of hydrogen-bond donors (Lipinski definition) is 0. The standard InChI is InChI=1S/C13H9Cl2N3/c14-6-10-5-9-3-1-2-4-12(9)17-13(10)18-8-11(15)7-16-18/h1-5,7-8H,6H2. The van der Waals surface area contributed by atoms with E-state index in [-0.39, 0.29) is 0 Å². The lowest BCUT2D eigenvalue weighted by molar-refractivity contribution is 0.842. The van der Waals surface area contributed by atoms with E-state index >= 15 is 0 Å². The summed E-state index contributed by atoms with van der Waals surface area (Å²) in [7, 11) is 0. The fraction of sp³-hybridized carbons (Fsp3) is 0.0769. The van der Waals surface area contributed by atoms with Gasteiger partial charge >= 0.3 is 0 Å². The third kappa shape index (κ3) is 1.96.